The molecular weight excluding hydrogens is 210 g/mol. The van der Waals surface area contributed by atoms with Crippen molar-refractivity contribution in [1.82, 2.24) is 4.90 Å². The Balaban J connectivity index is 2.77. The summed E-state index contributed by atoms with van der Waals surface area (Å²) in [5.74, 6) is 0.659. The minimum absolute atomic E-state index is 0.359. The summed E-state index contributed by atoms with van der Waals surface area (Å²) in [5.41, 5.74) is -0.485. The average Bonchev–Trinajstić information content (AvgIpc) is 2.36. The normalized spacial score (nSPS) is 20.8. The number of hydrogen-bond acceptors (Lipinski definition) is 2. The van der Waals surface area contributed by atoms with Gasteiger partial charge in [0.2, 0.25) is 0 Å². The van der Waals surface area contributed by atoms with Gasteiger partial charge >= 0.3 is 0 Å². The largest absolute Gasteiger partial charge is 0.388 e. The lowest BCUT2D eigenvalue weighted by Crippen LogP contribution is -2.54. The van der Waals surface area contributed by atoms with Crippen molar-refractivity contribution < 1.29 is 5.11 Å². The first-order valence-electron chi connectivity index (χ1n) is 7.50. The highest BCUT2D eigenvalue weighted by atomic mass is 16.3. The van der Waals surface area contributed by atoms with Crippen LogP contribution in [-0.4, -0.2) is 34.7 Å². The van der Waals surface area contributed by atoms with E-state index < -0.39 is 5.60 Å². The van der Waals surface area contributed by atoms with Crippen molar-refractivity contribution in [3.05, 3.63) is 0 Å². The van der Waals surface area contributed by atoms with Crippen LogP contribution in [0, 0.1) is 5.92 Å². The van der Waals surface area contributed by atoms with Gasteiger partial charge in [0.05, 0.1) is 5.60 Å². The molecule has 0 unspecified atom stereocenters. The molecule has 17 heavy (non-hydrogen) atoms. The zero-order valence-electron chi connectivity index (χ0n) is 12.2. The van der Waals surface area contributed by atoms with E-state index in [9.17, 15) is 5.11 Å². The molecule has 0 bridgehead atoms. The van der Waals surface area contributed by atoms with E-state index in [1.165, 1.54) is 32.4 Å². The molecule has 0 amide bonds. The number of hydrogen-bond donors (Lipinski definition) is 1. The van der Waals surface area contributed by atoms with Crippen molar-refractivity contribution in [2.45, 2.75) is 77.9 Å². The molecule has 1 fully saturated rings. The minimum atomic E-state index is -0.485. The average molecular weight is 241 g/mol. The van der Waals surface area contributed by atoms with Gasteiger partial charge in [-0.2, -0.15) is 0 Å². The lowest BCUT2D eigenvalue weighted by Gasteiger charge is -2.44. The maximum absolute atomic E-state index is 10.8. The first-order chi connectivity index (χ1) is 8.03. The van der Waals surface area contributed by atoms with Crippen LogP contribution in [-0.2, 0) is 0 Å². The monoisotopic (exact) mass is 241 g/mol. The van der Waals surface area contributed by atoms with Gasteiger partial charge in [0.1, 0.15) is 0 Å². The van der Waals surface area contributed by atoms with Crippen LogP contribution in [0.5, 0.6) is 0 Å². The van der Waals surface area contributed by atoms with Gasteiger partial charge in [0, 0.05) is 6.04 Å². The second-order valence-electron chi connectivity index (χ2n) is 6.05. The maximum atomic E-state index is 10.8. The molecule has 1 heterocycles. The van der Waals surface area contributed by atoms with E-state index in [4.69, 9.17) is 0 Å². The molecule has 2 nitrogen and oxygen atoms in total. The van der Waals surface area contributed by atoms with Crippen molar-refractivity contribution in [1.29, 1.82) is 0 Å². The summed E-state index contributed by atoms with van der Waals surface area (Å²) < 4.78 is 0. The number of likely N-dealkylation sites (tertiary alicyclic amines) is 1. The third kappa shape index (κ3) is 3.96. The van der Waals surface area contributed by atoms with Gasteiger partial charge in [-0.3, -0.25) is 4.90 Å². The van der Waals surface area contributed by atoms with E-state index in [1.807, 2.05) is 0 Å². The Kier molecular flexibility index (Phi) is 5.94. The molecule has 0 aliphatic carbocycles. The number of aliphatic hydroxyl groups is 1. The first kappa shape index (κ1) is 15.0. The smallest absolute Gasteiger partial charge is 0.0797 e. The Morgan fingerprint density at radius 3 is 2.00 bits per heavy atom. The Morgan fingerprint density at radius 1 is 1.06 bits per heavy atom. The van der Waals surface area contributed by atoms with Crippen LogP contribution in [0.15, 0.2) is 0 Å². The zero-order valence-corrected chi connectivity index (χ0v) is 12.2. The van der Waals surface area contributed by atoms with Gasteiger partial charge < -0.3 is 5.11 Å². The van der Waals surface area contributed by atoms with Crippen LogP contribution in [0.2, 0.25) is 0 Å². The zero-order chi connectivity index (χ0) is 12.9. The maximum Gasteiger partial charge on any atom is 0.0797 e. The fourth-order valence-corrected chi connectivity index (χ4v) is 3.11. The molecular formula is C15H31NO. The van der Waals surface area contributed by atoms with Crippen molar-refractivity contribution in [2.24, 2.45) is 5.92 Å². The van der Waals surface area contributed by atoms with Crippen molar-refractivity contribution in [3.63, 3.8) is 0 Å². The lowest BCUT2D eigenvalue weighted by atomic mass is 9.82. The van der Waals surface area contributed by atoms with Crippen LogP contribution in [0.3, 0.4) is 0 Å². The van der Waals surface area contributed by atoms with Gasteiger partial charge in [0.25, 0.3) is 0 Å². The SMILES string of the molecule is CCC(O)(CC)[C@H](CC(C)C)N1CCCCC1. The minimum Gasteiger partial charge on any atom is -0.388 e. The highest BCUT2D eigenvalue weighted by molar-refractivity contribution is 4.92. The Hall–Kier alpha value is -0.0800. The molecule has 0 aromatic carbocycles. The molecule has 1 atom stereocenters. The fraction of sp³-hybridized carbons (Fsp3) is 1.00. The van der Waals surface area contributed by atoms with Crippen LogP contribution in [0.4, 0.5) is 0 Å². The molecule has 0 saturated carbocycles. The second kappa shape index (κ2) is 6.75. The van der Waals surface area contributed by atoms with Crippen molar-refractivity contribution in [3.8, 4) is 0 Å². The Bertz CT molecular complexity index is 205. The van der Waals surface area contributed by atoms with E-state index in [2.05, 4.69) is 32.6 Å². The highest BCUT2D eigenvalue weighted by Crippen LogP contribution is 2.30. The van der Waals surface area contributed by atoms with E-state index in [-0.39, 0.29) is 0 Å². The third-order valence-corrected chi connectivity index (χ3v) is 4.37. The van der Waals surface area contributed by atoms with E-state index in [1.54, 1.807) is 0 Å². The topological polar surface area (TPSA) is 23.5 Å². The fourth-order valence-electron chi connectivity index (χ4n) is 3.11. The highest BCUT2D eigenvalue weighted by Gasteiger charge is 2.37. The first-order valence-corrected chi connectivity index (χ1v) is 7.50. The molecule has 0 aromatic heterocycles. The van der Waals surface area contributed by atoms with Crippen LogP contribution in [0.25, 0.3) is 0 Å². The molecule has 1 rings (SSSR count). The van der Waals surface area contributed by atoms with Crippen LogP contribution in [0.1, 0.15) is 66.2 Å². The van der Waals surface area contributed by atoms with Gasteiger partial charge in [-0.05, 0) is 51.1 Å². The number of nitrogens with zero attached hydrogens (tertiary/aromatic N) is 1. The molecule has 0 radical (unpaired) electrons. The summed E-state index contributed by atoms with van der Waals surface area (Å²) in [4.78, 5) is 2.55. The van der Waals surface area contributed by atoms with Crippen molar-refractivity contribution in [2.75, 3.05) is 13.1 Å². The van der Waals surface area contributed by atoms with Crippen LogP contribution < -0.4 is 0 Å². The summed E-state index contributed by atoms with van der Waals surface area (Å²) in [5, 5.41) is 10.8. The molecule has 1 saturated heterocycles. The third-order valence-electron chi connectivity index (χ3n) is 4.37. The molecule has 0 aromatic rings. The standard InChI is InChI=1S/C15H31NO/c1-5-15(17,6-2)14(12-13(3)4)16-10-8-7-9-11-16/h13-14,17H,5-12H2,1-4H3/t14-/m0/s1. The van der Waals surface area contributed by atoms with E-state index in [0.29, 0.717) is 12.0 Å². The summed E-state index contributed by atoms with van der Waals surface area (Å²) in [7, 11) is 0. The van der Waals surface area contributed by atoms with Crippen molar-refractivity contribution >= 4 is 0 Å². The molecule has 1 N–H and O–H groups in total. The molecule has 1 aliphatic heterocycles. The quantitative estimate of drug-likeness (QED) is 0.770. The summed E-state index contributed by atoms with van der Waals surface area (Å²) in [6, 6.07) is 0.359. The Morgan fingerprint density at radius 2 is 1.59 bits per heavy atom. The van der Waals surface area contributed by atoms with Crippen LogP contribution >= 0.6 is 0 Å². The van der Waals surface area contributed by atoms with E-state index >= 15 is 0 Å². The number of rotatable bonds is 6. The predicted molar refractivity (Wildman–Crippen MR) is 74.2 cm³/mol. The molecule has 0 spiro atoms. The van der Waals surface area contributed by atoms with Gasteiger partial charge in [0.15, 0.2) is 0 Å². The molecule has 102 valence electrons. The number of piperidine rings is 1. The molecule has 2 heteroatoms. The summed E-state index contributed by atoms with van der Waals surface area (Å²) in [6.45, 7) is 11.1. The second-order valence-corrected chi connectivity index (χ2v) is 6.05. The molecule has 1 aliphatic rings. The Labute approximate surface area is 107 Å². The van der Waals surface area contributed by atoms with Gasteiger partial charge in [-0.25, -0.2) is 0 Å². The van der Waals surface area contributed by atoms with Gasteiger partial charge in [-0.1, -0.05) is 34.1 Å². The summed E-state index contributed by atoms with van der Waals surface area (Å²) in [6.07, 6.45) is 6.84. The summed E-state index contributed by atoms with van der Waals surface area (Å²) >= 11 is 0. The predicted octanol–water partition coefficient (Wildman–Crippen LogP) is 3.44. The van der Waals surface area contributed by atoms with E-state index in [0.717, 1.165) is 19.3 Å². The lowest BCUT2D eigenvalue weighted by molar-refractivity contribution is -0.0660. The van der Waals surface area contributed by atoms with Gasteiger partial charge in [-0.15, -0.1) is 0 Å².